The summed E-state index contributed by atoms with van der Waals surface area (Å²) in [7, 11) is 4.55. The maximum Gasteiger partial charge on any atom is 0.410 e. The van der Waals surface area contributed by atoms with Gasteiger partial charge in [-0.3, -0.25) is 24.0 Å². The van der Waals surface area contributed by atoms with Crippen LogP contribution >= 0.6 is 0 Å². The number of benzene rings is 2. The summed E-state index contributed by atoms with van der Waals surface area (Å²) in [4.78, 5) is 100. The first kappa shape index (κ1) is 66.9. The second-order valence-corrected chi connectivity index (χ2v) is 22.4. The molecule has 22 heteroatoms. The average Bonchev–Trinajstić information content (AvgIpc) is 3.91. The first-order valence-electron chi connectivity index (χ1n) is 27.8. The van der Waals surface area contributed by atoms with Crippen LogP contribution in [0.15, 0.2) is 48.5 Å². The third kappa shape index (κ3) is 17.0. The summed E-state index contributed by atoms with van der Waals surface area (Å²) in [6.45, 7) is 14.4. The molecule has 80 heavy (non-hydrogen) atoms. The van der Waals surface area contributed by atoms with E-state index in [1.54, 1.807) is 37.6 Å². The van der Waals surface area contributed by atoms with Gasteiger partial charge in [0.15, 0.2) is 11.9 Å². The summed E-state index contributed by atoms with van der Waals surface area (Å²) in [5.74, 6) is -6.74. The maximum atomic E-state index is 14.8. The predicted octanol–water partition coefficient (Wildman–Crippen LogP) is 3.91. The summed E-state index contributed by atoms with van der Waals surface area (Å²) in [6.07, 6.45) is -10.6. The quantitative estimate of drug-likeness (QED) is 0.0550. The number of aliphatic carboxylic acids is 1. The number of rotatable bonds is 30. The number of likely N-dealkylation sites (tertiary alicyclic amines) is 1. The molecule has 2 aliphatic rings. The molecule has 4 rings (SSSR count). The molecule has 4 amide bonds. The monoisotopic (exact) mass is 1130 g/mol. The standard InChI is InChI=1S/C58H89N5O17/c1-12-33(6)49(45(77-11)28-47(68)63-24-16-19-41(63)39(29-64)35(8)42(65)25-34(7)50(69)37-17-14-13-15-18-37)61(9)55(73)38(31(2)3)27-43(66)48(32(4)5)62(10)58(76)78-30-36-20-21-44(40(26-36)60-46(67)22-23-59)79-57-53(72)51(70)52(71)54(80-57)56(74)75/h13-15,17-18,20-21,26,31-35,38-39,41,45,48-54,57,64,69-72H,12,16,19,22-25,27-30,59H2,1-11H3,(H,60,67)(H,74,75)/t33-,34-,35+,38?,39+,41-,45+,48-,49-,50+,51-,52-,53+,54-,57+/m0/s1. The van der Waals surface area contributed by atoms with E-state index in [0.717, 1.165) is 4.90 Å². The number of carboxylic acid groups (broad SMARTS) is 1. The smallest absolute Gasteiger partial charge is 0.410 e. The number of methoxy groups -OCH3 is 1. The van der Waals surface area contributed by atoms with Crippen LogP contribution in [0, 0.1) is 41.4 Å². The number of amides is 4. The number of ketones is 2. The lowest BCUT2D eigenvalue weighted by Crippen LogP contribution is -2.61. The molecular formula is C58H89N5O17. The lowest BCUT2D eigenvalue weighted by atomic mass is 9.80. The minimum atomic E-state index is -1.97. The van der Waals surface area contributed by atoms with Gasteiger partial charge >= 0.3 is 12.1 Å². The zero-order valence-corrected chi connectivity index (χ0v) is 48.3. The molecule has 22 nitrogen and oxygen atoms in total. The molecular weight excluding hydrogens is 1040 g/mol. The molecule has 9 N–H and O–H groups in total. The highest BCUT2D eigenvalue weighted by atomic mass is 16.7. The summed E-state index contributed by atoms with van der Waals surface area (Å²) in [6, 6.07) is 11.2. The van der Waals surface area contributed by atoms with Gasteiger partial charge in [-0.2, -0.15) is 0 Å². The van der Waals surface area contributed by atoms with Crippen molar-refractivity contribution >= 4 is 47.0 Å². The Morgan fingerprint density at radius 2 is 1.51 bits per heavy atom. The molecule has 2 aromatic rings. The van der Waals surface area contributed by atoms with E-state index in [1.165, 1.54) is 32.4 Å². The van der Waals surface area contributed by atoms with Crippen LogP contribution in [-0.4, -0.2) is 183 Å². The van der Waals surface area contributed by atoms with Crippen molar-refractivity contribution in [1.29, 1.82) is 0 Å². The third-order valence-electron chi connectivity index (χ3n) is 16.1. The molecule has 0 bridgehead atoms. The number of nitrogens with two attached hydrogens (primary N) is 1. The summed E-state index contributed by atoms with van der Waals surface area (Å²) >= 11 is 0. The van der Waals surface area contributed by atoms with Gasteiger partial charge in [0.2, 0.25) is 24.0 Å². The van der Waals surface area contributed by atoms with Crippen molar-refractivity contribution in [1.82, 2.24) is 14.7 Å². The van der Waals surface area contributed by atoms with Gasteiger partial charge in [-0.15, -0.1) is 0 Å². The molecule has 0 aliphatic carbocycles. The van der Waals surface area contributed by atoms with Crippen molar-refractivity contribution in [2.24, 2.45) is 47.2 Å². The van der Waals surface area contributed by atoms with Crippen LogP contribution in [0.5, 0.6) is 5.75 Å². The number of nitrogens with one attached hydrogen (secondary N) is 1. The van der Waals surface area contributed by atoms with E-state index in [9.17, 15) is 64.2 Å². The molecule has 2 saturated heterocycles. The second kappa shape index (κ2) is 31.0. The highest BCUT2D eigenvalue weighted by Gasteiger charge is 2.49. The van der Waals surface area contributed by atoms with Crippen molar-refractivity contribution in [3.8, 4) is 5.75 Å². The Hall–Kier alpha value is -5.59. The van der Waals surface area contributed by atoms with Crippen LogP contribution in [0.1, 0.15) is 118 Å². The predicted molar refractivity (Wildman–Crippen MR) is 294 cm³/mol. The minimum Gasteiger partial charge on any atom is -0.479 e. The molecule has 2 aliphatic heterocycles. The Balaban J connectivity index is 1.47. The van der Waals surface area contributed by atoms with E-state index in [2.05, 4.69) is 5.32 Å². The van der Waals surface area contributed by atoms with Crippen LogP contribution in [0.25, 0.3) is 0 Å². The fraction of sp³-hybridized carbons (Fsp3) is 0.672. The van der Waals surface area contributed by atoms with E-state index in [4.69, 9.17) is 24.7 Å². The van der Waals surface area contributed by atoms with Gasteiger partial charge in [-0.05, 0) is 59.8 Å². The van der Waals surface area contributed by atoms with Gasteiger partial charge < -0.3 is 75.3 Å². The Morgan fingerprint density at radius 3 is 2.09 bits per heavy atom. The zero-order valence-electron chi connectivity index (χ0n) is 48.3. The van der Waals surface area contributed by atoms with Crippen LogP contribution < -0.4 is 15.8 Å². The highest BCUT2D eigenvalue weighted by molar-refractivity contribution is 5.93. The lowest BCUT2D eigenvalue weighted by molar-refractivity contribution is -0.271. The molecule has 2 fully saturated rings. The number of aliphatic hydroxyl groups is 5. The molecule has 0 radical (unpaired) electrons. The van der Waals surface area contributed by atoms with Gasteiger partial charge in [0.1, 0.15) is 36.5 Å². The number of carbonyl (C=O) groups excluding carboxylic acids is 6. The number of hydrogen-bond acceptors (Lipinski definition) is 17. The Bertz CT molecular complexity index is 2380. The molecule has 448 valence electrons. The highest BCUT2D eigenvalue weighted by Crippen LogP contribution is 2.36. The normalized spacial score (nSPS) is 22.7. The van der Waals surface area contributed by atoms with Crippen molar-refractivity contribution in [3.63, 3.8) is 0 Å². The van der Waals surface area contributed by atoms with Gasteiger partial charge in [-0.1, -0.05) is 98.2 Å². The molecule has 15 atom stereocenters. The van der Waals surface area contributed by atoms with Crippen molar-refractivity contribution in [3.05, 3.63) is 59.7 Å². The SMILES string of the molecule is CC[C@H](C)[C@@H]([C@@H](CC(=O)N1CCC[C@H]1[C@H](CO)[C@@H](C)C(=O)C[C@H](C)[C@@H](O)c1ccccc1)OC)N(C)C(=O)C(CC(=O)[C@H](C(C)C)N(C)C(=O)OCc1ccc(O[C@@H]2O[C@H](C(=O)O)[C@@H](O)[C@H](O)[C@H]2O)c(NC(=O)CCN)c1)C(C)C. The summed E-state index contributed by atoms with van der Waals surface area (Å²) in [5.41, 5.74) is 6.58. The van der Waals surface area contributed by atoms with Crippen LogP contribution in [0.2, 0.25) is 0 Å². The first-order valence-corrected chi connectivity index (χ1v) is 27.8. The molecule has 1 unspecified atom stereocenters. The molecule has 2 heterocycles. The van der Waals surface area contributed by atoms with E-state index in [-0.39, 0.29) is 92.2 Å². The number of aliphatic hydroxyl groups excluding tert-OH is 5. The average molecular weight is 1130 g/mol. The molecule has 0 saturated carbocycles. The molecule has 0 spiro atoms. The lowest BCUT2D eigenvalue weighted by Gasteiger charge is -2.41. The topological polar surface area (TPSA) is 326 Å². The first-order chi connectivity index (χ1) is 37.7. The van der Waals surface area contributed by atoms with Crippen molar-refractivity contribution < 1.29 is 83.1 Å². The number of anilines is 1. The van der Waals surface area contributed by atoms with Gasteiger partial charge in [0.25, 0.3) is 0 Å². The molecule has 0 aromatic heterocycles. The number of ether oxygens (including phenoxy) is 4. The number of likely N-dealkylation sites (N-methyl/N-ethyl adjacent to an activating group) is 2. The van der Waals surface area contributed by atoms with Gasteiger partial charge in [0, 0.05) is 84.0 Å². The fourth-order valence-corrected chi connectivity index (χ4v) is 11.1. The van der Waals surface area contributed by atoms with E-state index < -0.39 is 108 Å². The second-order valence-electron chi connectivity index (χ2n) is 22.4. The van der Waals surface area contributed by atoms with Crippen molar-refractivity contribution in [2.45, 2.75) is 168 Å². The Labute approximate surface area is 470 Å². The Kier molecular flexibility index (Phi) is 25.9. The number of Topliss-reactive ketones (excluding diaryl/α,β-unsaturated/α-hetero) is 2. The van der Waals surface area contributed by atoms with Crippen molar-refractivity contribution in [2.75, 3.05) is 46.2 Å². The summed E-state index contributed by atoms with van der Waals surface area (Å²) < 4.78 is 22.7. The van der Waals surface area contributed by atoms with E-state index >= 15 is 0 Å². The number of nitrogens with zero attached hydrogens (tertiary/aromatic N) is 3. The van der Waals surface area contributed by atoms with Crippen LogP contribution in [0.4, 0.5) is 10.5 Å². The van der Waals surface area contributed by atoms with Crippen LogP contribution in [0.3, 0.4) is 0 Å². The van der Waals surface area contributed by atoms with E-state index in [1.807, 2.05) is 65.0 Å². The largest absolute Gasteiger partial charge is 0.479 e. The van der Waals surface area contributed by atoms with Gasteiger partial charge in [-0.25, -0.2) is 9.59 Å². The Morgan fingerprint density at radius 1 is 0.850 bits per heavy atom. The fourth-order valence-electron chi connectivity index (χ4n) is 11.1. The number of carboxylic acids is 1. The van der Waals surface area contributed by atoms with Crippen LogP contribution in [-0.2, 0) is 49.6 Å². The maximum absolute atomic E-state index is 14.8. The zero-order chi connectivity index (χ0) is 59.9. The van der Waals surface area contributed by atoms with Gasteiger partial charge in [0.05, 0.1) is 36.4 Å². The van der Waals surface area contributed by atoms with E-state index in [0.29, 0.717) is 36.9 Å². The minimum absolute atomic E-state index is 0.0152. The molecule has 2 aromatic carbocycles. The number of hydrogen-bond donors (Lipinski definition) is 8. The summed E-state index contributed by atoms with van der Waals surface area (Å²) in [5, 5.41) is 64.8. The number of carbonyl (C=O) groups is 7. The third-order valence-corrected chi connectivity index (χ3v) is 16.1.